The Morgan fingerprint density at radius 3 is 2.22 bits per heavy atom. The summed E-state index contributed by atoms with van der Waals surface area (Å²) in [5.41, 5.74) is 3.82. The van der Waals surface area contributed by atoms with Crippen LogP contribution in [-0.4, -0.2) is 62.3 Å². The van der Waals surface area contributed by atoms with E-state index in [1.807, 2.05) is 55.5 Å². The van der Waals surface area contributed by atoms with Gasteiger partial charge in [-0.1, -0.05) is 30.3 Å². The average Bonchev–Trinajstić information content (AvgIpc) is 3.48. The van der Waals surface area contributed by atoms with Crippen molar-refractivity contribution in [3.8, 4) is 17.2 Å². The first-order chi connectivity index (χ1) is 21.6. The summed E-state index contributed by atoms with van der Waals surface area (Å²) >= 11 is 0. The number of aryl methyl sites for hydroxylation is 1. The van der Waals surface area contributed by atoms with Gasteiger partial charge < -0.3 is 35.3 Å². The number of carbonyl (C=O) groups is 3. The van der Waals surface area contributed by atoms with Gasteiger partial charge in [-0.25, -0.2) is 4.79 Å². The van der Waals surface area contributed by atoms with Gasteiger partial charge in [-0.05, 0) is 79.3 Å². The molecule has 45 heavy (non-hydrogen) atoms. The average molecular weight is 619 g/mol. The highest BCUT2D eigenvalue weighted by molar-refractivity contribution is 6.01. The molecule has 3 aromatic carbocycles. The summed E-state index contributed by atoms with van der Waals surface area (Å²) in [5, 5.41) is 18.5. The maximum absolute atomic E-state index is 12.7. The number of hydrogen-bond acceptors (Lipinski definition) is 7. The van der Waals surface area contributed by atoms with Crippen LogP contribution in [0, 0.1) is 12.8 Å². The molecule has 1 fully saturated rings. The Bertz CT molecular complexity index is 1510. The number of nitrogens with one attached hydrogen (secondary N) is 3. The number of nitrogens with zero attached hydrogens (tertiary/aromatic N) is 1. The molecule has 1 saturated heterocycles. The normalized spacial score (nSPS) is 15.9. The summed E-state index contributed by atoms with van der Waals surface area (Å²) in [4.78, 5) is 39.0. The second-order valence-electron chi connectivity index (χ2n) is 11.2. The molecule has 1 aliphatic rings. The number of carboxylic acids is 1. The predicted molar refractivity (Wildman–Crippen MR) is 172 cm³/mol. The third-order valence-corrected chi connectivity index (χ3v) is 8.13. The number of aliphatic carboxylic acids is 1. The van der Waals surface area contributed by atoms with Gasteiger partial charge in [-0.15, -0.1) is 0 Å². The Morgan fingerprint density at radius 2 is 1.56 bits per heavy atom. The van der Waals surface area contributed by atoms with Crippen molar-refractivity contribution in [1.82, 2.24) is 10.2 Å². The monoisotopic (exact) mass is 618 g/mol. The van der Waals surface area contributed by atoms with E-state index in [1.54, 1.807) is 26.4 Å². The van der Waals surface area contributed by atoms with Gasteiger partial charge in [0.1, 0.15) is 5.75 Å². The van der Waals surface area contributed by atoms with Crippen LogP contribution in [0.2, 0.25) is 0 Å². The molecule has 1 heterocycles. The predicted octanol–water partition coefficient (Wildman–Crippen LogP) is 5.77. The molecule has 4 N–H and O–H groups in total. The Hall–Kier alpha value is -4.77. The van der Waals surface area contributed by atoms with Crippen LogP contribution in [0.3, 0.4) is 0 Å². The molecule has 3 unspecified atom stereocenters. The van der Waals surface area contributed by atoms with E-state index in [1.165, 1.54) is 14.0 Å². The van der Waals surface area contributed by atoms with Crippen molar-refractivity contribution >= 4 is 29.3 Å². The van der Waals surface area contributed by atoms with Crippen molar-refractivity contribution in [2.24, 2.45) is 5.92 Å². The molecule has 0 saturated carbocycles. The Balaban J connectivity index is 1.49. The van der Waals surface area contributed by atoms with Crippen LogP contribution in [0.1, 0.15) is 55.0 Å². The fourth-order valence-electron chi connectivity index (χ4n) is 5.90. The van der Waals surface area contributed by atoms with Gasteiger partial charge in [-0.2, -0.15) is 0 Å². The first kappa shape index (κ1) is 33.1. The number of anilines is 2. The second-order valence-corrected chi connectivity index (χ2v) is 11.2. The van der Waals surface area contributed by atoms with Crippen LogP contribution < -0.4 is 30.2 Å². The molecular formula is C34H42N4O7. The molecule has 3 amide bonds. The largest absolute Gasteiger partial charge is 0.495 e. The Labute approximate surface area is 263 Å². The van der Waals surface area contributed by atoms with Crippen molar-refractivity contribution in [3.63, 3.8) is 0 Å². The minimum atomic E-state index is -0.886. The van der Waals surface area contributed by atoms with Crippen molar-refractivity contribution in [2.45, 2.75) is 45.2 Å². The standard InChI is InChI=1S/C34H42N4O7/c1-21-8-6-7-9-26(21)36-34(42)37-27-12-10-24(17-31(27)44-4)28(35-22(2)39)16-23-14-15-38(20-23)29(19-33(40)41)25-11-13-30(43-3)32(18-25)45-5/h6-13,17-18,23,28-29H,14-16,19-20H2,1-5H3,(H,35,39)(H,40,41)(H2,36,37,42). The second kappa shape index (κ2) is 15.3. The molecule has 3 atom stereocenters. The molecule has 0 bridgehead atoms. The van der Waals surface area contributed by atoms with Crippen LogP contribution in [0.15, 0.2) is 60.7 Å². The van der Waals surface area contributed by atoms with Crippen molar-refractivity contribution in [3.05, 3.63) is 77.4 Å². The fourth-order valence-corrected chi connectivity index (χ4v) is 5.90. The number of likely N-dealkylation sites (tertiary alicyclic amines) is 1. The SMILES string of the molecule is COc1cc(C(CC2CCN(C(CC(=O)O)c3ccc(OC)c(OC)c3)C2)NC(C)=O)ccc1NC(=O)Nc1ccccc1C. The molecule has 0 radical (unpaired) electrons. The summed E-state index contributed by atoms with van der Waals surface area (Å²) in [5.74, 6) is 0.737. The third kappa shape index (κ3) is 8.66. The molecule has 240 valence electrons. The fraction of sp³-hybridized carbons (Fsp3) is 0.382. The molecule has 0 aliphatic carbocycles. The first-order valence-corrected chi connectivity index (χ1v) is 14.9. The van der Waals surface area contributed by atoms with Gasteiger partial charge in [0.2, 0.25) is 5.91 Å². The van der Waals surface area contributed by atoms with Gasteiger partial charge in [0.25, 0.3) is 0 Å². The zero-order valence-corrected chi connectivity index (χ0v) is 26.4. The van der Waals surface area contributed by atoms with Crippen molar-refractivity contribution < 1.29 is 33.7 Å². The number of rotatable bonds is 13. The molecule has 11 nitrogen and oxygen atoms in total. The Morgan fingerprint density at radius 1 is 0.889 bits per heavy atom. The van der Waals surface area contributed by atoms with Crippen molar-refractivity contribution in [2.75, 3.05) is 45.1 Å². The summed E-state index contributed by atoms with van der Waals surface area (Å²) < 4.78 is 16.4. The number of amides is 3. The summed E-state index contributed by atoms with van der Waals surface area (Å²) in [6, 6.07) is 17.4. The molecule has 0 spiro atoms. The number of carboxylic acid groups (broad SMARTS) is 1. The van der Waals surface area contributed by atoms with Gasteiger partial charge >= 0.3 is 12.0 Å². The lowest BCUT2D eigenvalue weighted by Crippen LogP contribution is -2.31. The van der Waals surface area contributed by atoms with Crippen LogP contribution >= 0.6 is 0 Å². The highest BCUT2D eigenvalue weighted by Gasteiger charge is 2.33. The van der Waals surface area contributed by atoms with E-state index in [2.05, 4.69) is 20.9 Å². The van der Waals surface area contributed by atoms with Gasteiger partial charge in [0, 0.05) is 25.2 Å². The molecule has 11 heteroatoms. The number of urea groups is 1. The number of ether oxygens (including phenoxy) is 3. The third-order valence-electron chi connectivity index (χ3n) is 8.13. The van der Waals surface area contributed by atoms with E-state index in [-0.39, 0.29) is 30.3 Å². The molecule has 0 aromatic heterocycles. The highest BCUT2D eigenvalue weighted by Crippen LogP contribution is 2.38. The maximum atomic E-state index is 12.7. The van der Waals surface area contributed by atoms with E-state index >= 15 is 0 Å². The topological polar surface area (TPSA) is 138 Å². The molecule has 3 aromatic rings. The number of carbonyl (C=O) groups excluding carboxylic acids is 2. The van der Waals surface area contributed by atoms with E-state index in [0.717, 1.165) is 23.1 Å². The van der Waals surface area contributed by atoms with Crippen LogP contribution in [0.5, 0.6) is 17.2 Å². The molecule has 4 rings (SSSR count). The van der Waals surface area contributed by atoms with Crippen LogP contribution in [0.4, 0.5) is 16.2 Å². The minimum Gasteiger partial charge on any atom is -0.495 e. The smallest absolute Gasteiger partial charge is 0.323 e. The van der Waals surface area contributed by atoms with Gasteiger partial charge in [-0.3, -0.25) is 14.5 Å². The lowest BCUT2D eigenvalue weighted by Gasteiger charge is -2.28. The minimum absolute atomic E-state index is 0.0552. The van der Waals surface area contributed by atoms with Crippen LogP contribution in [0.25, 0.3) is 0 Å². The van der Waals surface area contributed by atoms with E-state index in [4.69, 9.17) is 14.2 Å². The highest BCUT2D eigenvalue weighted by atomic mass is 16.5. The Kier molecular flexibility index (Phi) is 11.3. The van der Waals surface area contributed by atoms with Gasteiger partial charge in [0.15, 0.2) is 11.5 Å². The zero-order valence-electron chi connectivity index (χ0n) is 26.4. The first-order valence-electron chi connectivity index (χ1n) is 14.9. The lowest BCUT2D eigenvalue weighted by atomic mass is 9.93. The van der Waals surface area contributed by atoms with E-state index in [9.17, 15) is 19.5 Å². The zero-order chi connectivity index (χ0) is 32.5. The van der Waals surface area contributed by atoms with E-state index in [0.29, 0.717) is 48.1 Å². The number of para-hydroxylation sites is 1. The van der Waals surface area contributed by atoms with E-state index < -0.39 is 12.0 Å². The maximum Gasteiger partial charge on any atom is 0.323 e. The summed E-state index contributed by atoms with van der Waals surface area (Å²) in [7, 11) is 4.65. The number of benzene rings is 3. The summed E-state index contributed by atoms with van der Waals surface area (Å²) in [6.07, 6.45) is 1.43. The van der Waals surface area contributed by atoms with Gasteiger partial charge in [0.05, 0.1) is 39.5 Å². The summed E-state index contributed by atoms with van der Waals surface area (Å²) in [6.45, 7) is 4.78. The quantitative estimate of drug-likeness (QED) is 0.189. The number of hydrogen-bond donors (Lipinski definition) is 4. The number of methoxy groups -OCH3 is 3. The van der Waals surface area contributed by atoms with Crippen molar-refractivity contribution in [1.29, 1.82) is 0 Å². The molecule has 1 aliphatic heterocycles. The van der Waals surface area contributed by atoms with Crippen LogP contribution in [-0.2, 0) is 9.59 Å². The molecular weight excluding hydrogens is 576 g/mol. The lowest BCUT2D eigenvalue weighted by molar-refractivity contribution is -0.138.